The Balaban J connectivity index is 2.83. The summed E-state index contributed by atoms with van der Waals surface area (Å²) in [5.41, 5.74) is -1.63. The molecule has 1 atom stereocenters. The van der Waals surface area contributed by atoms with Crippen molar-refractivity contribution in [2.45, 2.75) is 52.2 Å². The summed E-state index contributed by atoms with van der Waals surface area (Å²) in [7, 11) is 0. The standard InChI is InChI=1S/C12H19ClN2O3S/c1-6-12(5,17)7-8(13)14-9(19-7)15-10(16)18-11(2,3)4/h17H,6H2,1-5H3,(H,14,15,16). The molecule has 1 rings (SSSR count). The number of nitrogens with zero attached hydrogens (tertiary/aromatic N) is 1. The molecule has 108 valence electrons. The van der Waals surface area contributed by atoms with Crippen molar-refractivity contribution in [2.75, 3.05) is 5.32 Å². The first-order chi connectivity index (χ1) is 8.55. The van der Waals surface area contributed by atoms with Crippen molar-refractivity contribution in [1.29, 1.82) is 0 Å². The topological polar surface area (TPSA) is 71.5 Å². The van der Waals surface area contributed by atoms with Gasteiger partial charge in [0.1, 0.15) is 10.8 Å². The lowest BCUT2D eigenvalue weighted by atomic mass is 10.0. The van der Waals surface area contributed by atoms with Gasteiger partial charge in [-0.15, -0.1) is 0 Å². The summed E-state index contributed by atoms with van der Waals surface area (Å²) in [6, 6.07) is 0. The summed E-state index contributed by atoms with van der Waals surface area (Å²) in [5.74, 6) is 0. The lowest BCUT2D eigenvalue weighted by molar-refractivity contribution is 0.0567. The first-order valence-corrected chi connectivity index (χ1v) is 7.14. The number of halogens is 1. The molecule has 19 heavy (non-hydrogen) atoms. The monoisotopic (exact) mass is 306 g/mol. The van der Waals surface area contributed by atoms with Gasteiger partial charge in [-0.2, -0.15) is 0 Å². The quantitative estimate of drug-likeness (QED) is 0.892. The Morgan fingerprint density at radius 1 is 1.47 bits per heavy atom. The fourth-order valence-corrected chi connectivity index (χ4v) is 2.65. The number of anilines is 1. The highest BCUT2D eigenvalue weighted by molar-refractivity contribution is 7.16. The maximum Gasteiger partial charge on any atom is 0.413 e. The van der Waals surface area contributed by atoms with Gasteiger partial charge in [0, 0.05) is 0 Å². The van der Waals surface area contributed by atoms with E-state index in [0.29, 0.717) is 16.4 Å². The van der Waals surface area contributed by atoms with Crippen molar-refractivity contribution in [3.63, 3.8) is 0 Å². The summed E-state index contributed by atoms with van der Waals surface area (Å²) < 4.78 is 5.11. The van der Waals surface area contributed by atoms with Crippen LogP contribution in [0.5, 0.6) is 0 Å². The molecule has 2 N–H and O–H groups in total. The van der Waals surface area contributed by atoms with Gasteiger partial charge in [-0.1, -0.05) is 29.9 Å². The van der Waals surface area contributed by atoms with Gasteiger partial charge in [0.05, 0.1) is 10.5 Å². The van der Waals surface area contributed by atoms with E-state index >= 15 is 0 Å². The van der Waals surface area contributed by atoms with E-state index in [9.17, 15) is 9.90 Å². The van der Waals surface area contributed by atoms with E-state index in [1.807, 2.05) is 6.92 Å². The second kappa shape index (κ2) is 5.64. The third-order valence-corrected chi connectivity index (χ3v) is 3.98. The molecule has 0 spiro atoms. The predicted molar refractivity (Wildman–Crippen MR) is 76.8 cm³/mol. The maximum atomic E-state index is 11.6. The van der Waals surface area contributed by atoms with Gasteiger partial charge in [0.25, 0.3) is 0 Å². The highest BCUT2D eigenvalue weighted by Crippen LogP contribution is 2.37. The van der Waals surface area contributed by atoms with Crippen LogP contribution in [0.2, 0.25) is 5.15 Å². The van der Waals surface area contributed by atoms with Gasteiger partial charge in [-0.25, -0.2) is 9.78 Å². The van der Waals surface area contributed by atoms with Crippen LogP contribution in [-0.2, 0) is 10.3 Å². The number of aromatic nitrogens is 1. The van der Waals surface area contributed by atoms with Crippen molar-refractivity contribution in [3.8, 4) is 0 Å². The molecule has 1 amide bonds. The maximum absolute atomic E-state index is 11.6. The van der Waals surface area contributed by atoms with Crippen molar-refractivity contribution < 1.29 is 14.6 Å². The lowest BCUT2D eigenvalue weighted by Crippen LogP contribution is -2.27. The van der Waals surface area contributed by atoms with E-state index in [0.717, 1.165) is 11.3 Å². The first kappa shape index (κ1) is 16.2. The zero-order valence-electron chi connectivity index (χ0n) is 11.7. The van der Waals surface area contributed by atoms with Gasteiger partial charge >= 0.3 is 6.09 Å². The minimum Gasteiger partial charge on any atom is -0.444 e. The van der Waals surface area contributed by atoms with Crippen molar-refractivity contribution in [1.82, 2.24) is 4.98 Å². The molecule has 0 aliphatic rings. The Hall–Kier alpha value is -0.850. The second-order valence-corrected chi connectivity index (χ2v) is 6.75. The first-order valence-electron chi connectivity index (χ1n) is 5.94. The average Bonchev–Trinajstić information content (AvgIpc) is 2.57. The van der Waals surface area contributed by atoms with Crippen molar-refractivity contribution in [2.24, 2.45) is 0 Å². The Morgan fingerprint density at radius 2 is 2.05 bits per heavy atom. The van der Waals surface area contributed by atoms with Crippen LogP contribution in [0.25, 0.3) is 0 Å². The van der Waals surface area contributed by atoms with E-state index < -0.39 is 17.3 Å². The molecule has 0 fully saturated rings. The second-order valence-electron chi connectivity index (χ2n) is 5.39. The molecule has 0 radical (unpaired) electrons. The third kappa shape index (κ3) is 4.63. The molecule has 0 saturated heterocycles. The number of rotatable bonds is 3. The van der Waals surface area contributed by atoms with Crippen LogP contribution in [-0.4, -0.2) is 21.8 Å². The normalized spacial score (nSPS) is 14.9. The summed E-state index contributed by atoms with van der Waals surface area (Å²) in [6.45, 7) is 8.82. The van der Waals surface area contributed by atoms with E-state index in [-0.39, 0.29) is 5.15 Å². The Kier molecular flexibility index (Phi) is 4.81. The fourth-order valence-electron chi connectivity index (χ4n) is 1.24. The summed E-state index contributed by atoms with van der Waals surface area (Å²) in [5, 5.41) is 13.2. The number of carbonyl (C=O) groups excluding carboxylic acids is 1. The van der Waals surface area contributed by atoms with Gasteiger partial charge in [-0.3, -0.25) is 5.32 Å². The molecule has 1 aromatic rings. The molecule has 0 aliphatic carbocycles. The lowest BCUT2D eigenvalue weighted by Gasteiger charge is -2.19. The Bertz CT molecular complexity index is 466. The molecule has 0 saturated carbocycles. The molecule has 0 bridgehead atoms. The number of ether oxygens (including phenoxy) is 1. The average molecular weight is 307 g/mol. The highest BCUT2D eigenvalue weighted by atomic mass is 35.5. The van der Waals surface area contributed by atoms with Crippen molar-refractivity contribution in [3.05, 3.63) is 10.0 Å². The molecular weight excluding hydrogens is 288 g/mol. The minimum atomic E-state index is -1.05. The molecular formula is C12H19ClN2O3S. The van der Waals surface area contributed by atoms with Gasteiger partial charge in [-0.05, 0) is 34.1 Å². The zero-order valence-corrected chi connectivity index (χ0v) is 13.3. The molecule has 0 aliphatic heterocycles. The van der Waals surface area contributed by atoms with Crippen LogP contribution in [0.4, 0.5) is 9.93 Å². The van der Waals surface area contributed by atoms with Crippen LogP contribution in [0.3, 0.4) is 0 Å². The molecule has 7 heteroatoms. The van der Waals surface area contributed by atoms with Crippen LogP contribution >= 0.6 is 22.9 Å². The molecule has 1 aromatic heterocycles. The fraction of sp³-hybridized carbons (Fsp3) is 0.667. The van der Waals surface area contributed by atoms with Crippen LogP contribution < -0.4 is 5.32 Å². The number of aliphatic hydroxyl groups is 1. The number of amides is 1. The third-order valence-electron chi connectivity index (χ3n) is 2.37. The molecule has 0 aromatic carbocycles. The minimum absolute atomic E-state index is 0.197. The van der Waals surface area contributed by atoms with Gasteiger partial charge in [0.15, 0.2) is 5.13 Å². The Labute approximate surface area is 121 Å². The number of carbonyl (C=O) groups is 1. The number of hydrogen-bond donors (Lipinski definition) is 2. The summed E-state index contributed by atoms with van der Waals surface area (Å²) in [6.07, 6.45) is -0.0959. The number of thiazole rings is 1. The molecule has 1 unspecified atom stereocenters. The molecule has 1 heterocycles. The smallest absolute Gasteiger partial charge is 0.413 e. The summed E-state index contributed by atoms with van der Waals surface area (Å²) >= 11 is 7.11. The predicted octanol–water partition coefficient (Wildman–Crippen LogP) is 3.76. The highest BCUT2D eigenvalue weighted by Gasteiger charge is 2.28. The van der Waals surface area contributed by atoms with E-state index in [1.165, 1.54) is 0 Å². The van der Waals surface area contributed by atoms with E-state index in [2.05, 4.69) is 10.3 Å². The number of hydrogen-bond acceptors (Lipinski definition) is 5. The van der Waals surface area contributed by atoms with Gasteiger partial charge in [0.2, 0.25) is 0 Å². The van der Waals surface area contributed by atoms with E-state index in [1.54, 1.807) is 27.7 Å². The van der Waals surface area contributed by atoms with Gasteiger partial charge < -0.3 is 9.84 Å². The largest absolute Gasteiger partial charge is 0.444 e. The Morgan fingerprint density at radius 3 is 2.53 bits per heavy atom. The summed E-state index contributed by atoms with van der Waals surface area (Å²) in [4.78, 5) is 16.1. The van der Waals surface area contributed by atoms with Crippen LogP contribution in [0, 0.1) is 0 Å². The SMILES string of the molecule is CCC(C)(O)c1sc(NC(=O)OC(C)(C)C)nc1Cl. The van der Waals surface area contributed by atoms with Crippen LogP contribution in [0.1, 0.15) is 45.9 Å². The van der Waals surface area contributed by atoms with E-state index in [4.69, 9.17) is 16.3 Å². The molecule has 5 nitrogen and oxygen atoms in total. The van der Waals surface area contributed by atoms with Crippen LogP contribution in [0.15, 0.2) is 0 Å². The zero-order chi connectivity index (χ0) is 14.8. The van der Waals surface area contributed by atoms with Crippen molar-refractivity contribution >= 4 is 34.2 Å². The number of nitrogens with one attached hydrogen (secondary N) is 1.